The molecule has 0 aliphatic heterocycles. The fraction of sp³-hybridized carbons (Fsp3) is 0.0500. The number of aromatic nitrogens is 2. The molecule has 0 spiro atoms. The van der Waals surface area contributed by atoms with Crippen LogP contribution in [0.3, 0.4) is 0 Å². The number of halogens is 3. The van der Waals surface area contributed by atoms with E-state index in [-0.39, 0.29) is 0 Å². The fourth-order valence-corrected chi connectivity index (χ4v) is 3.52. The van der Waals surface area contributed by atoms with E-state index >= 15 is 0 Å². The summed E-state index contributed by atoms with van der Waals surface area (Å²) < 4.78 is 41.6. The normalized spacial score (nSPS) is 12.6. The summed E-state index contributed by atoms with van der Waals surface area (Å²) >= 11 is 0. The number of hydrogen-bond acceptors (Lipinski definition) is 1. The average Bonchev–Trinajstić information content (AvgIpc) is 3.01. The first kappa shape index (κ1) is 14.3. The Morgan fingerprint density at radius 1 is 0.760 bits per heavy atom. The third-order valence-corrected chi connectivity index (χ3v) is 4.60. The van der Waals surface area contributed by atoms with Crippen molar-refractivity contribution in [2.24, 2.45) is 0 Å². The molecule has 0 fully saturated rings. The van der Waals surface area contributed by atoms with E-state index in [1.54, 1.807) is 6.07 Å². The maximum Gasteiger partial charge on any atom is 0.416 e. The maximum atomic E-state index is 13.2. The first-order valence-corrected chi connectivity index (χ1v) is 7.82. The quantitative estimate of drug-likeness (QED) is 0.326. The molecule has 0 saturated heterocycles. The van der Waals surface area contributed by atoms with Crippen LogP contribution in [0.2, 0.25) is 0 Å². The van der Waals surface area contributed by atoms with Gasteiger partial charge in [-0.25, -0.2) is 4.98 Å². The van der Waals surface area contributed by atoms with Crippen LogP contribution in [-0.2, 0) is 6.18 Å². The van der Waals surface area contributed by atoms with E-state index in [0.29, 0.717) is 22.1 Å². The van der Waals surface area contributed by atoms with Gasteiger partial charge in [-0.3, -0.25) is 4.40 Å². The Kier molecular flexibility index (Phi) is 2.70. The van der Waals surface area contributed by atoms with E-state index in [2.05, 4.69) is 4.98 Å². The van der Waals surface area contributed by atoms with Crippen molar-refractivity contribution in [3.8, 4) is 0 Å². The van der Waals surface area contributed by atoms with Gasteiger partial charge in [-0.2, -0.15) is 13.2 Å². The molecule has 5 rings (SSSR count). The molecule has 0 atom stereocenters. The third kappa shape index (κ3) is 1.95. The fourth-order valence-electron chi connectivity index (χ4n) is 3.52. The highest BCUT2D eigenvalue weighted by molar-refractivity contribution is 6.24. The van der Waals surface area contributed by atoms with Gasteiger partial charge in [0.2, 0.25) is 0 Å². The Morgan fingerprint density at radius 3 is 2.28 bits per heavy atom. The molecule has 0 aliphatic rings. The molecule has 0 bridgehead atoms. The second-order valence-corrected chi connectivity index (χ2v) is 6.04. The van der Waals surface area contributed by atoms with Crippen molar-refractivity contribution in [3.63, 3.8) is 0 Å². The Labute approximate surface area is 140 Å². The van der Waals surface area contributed by atoms with Gasteiger partial charge in [-0.15, -0.1) is 0 Å². The molecule has 0 saturated carbocycles. The van der Waals surface area contributed by atoms with Crippen LogP contribution in [0.5, 0.6) is 0 Å². The monoisotopic (exact) mass is 336 g/mol. The molecule has 2 heterocycles. The van der Waals surface area contributed by atoms with Crippen molar-refractivity contribution in [1.82, 2.24) is 9.38 Å². The largest absolute Gasteiger partial charge is 0.416 e. The summed E-state index contributed by atoms with van der Waals surface area (Å²) in [6.07, 6.45) is -2.55. The Hall–Kier alpha value is -3.08. The van der Waals surface area contributed by atoms with Gasteiger partial charge in [-0.1, -0.05) is 36.4 Å². The molecule has 0 unspecified atom stereocenters. The molecule has 2 nitrogen and oxygen atoms in total. The molecule has 3 aromatic carbocycles. The molecule has 5 heteroatoms. The molecule has 0 amide bonds. The minimum atomic E-state index is -4.38. The lowest BCUT2D eigenvalue weighted by Gasteiger charge is -2.11. The van der Waals surface area contributed by atoms with Gasteiger partial charge in [0.15, 0.2) is 0 Å². The molecule has 122 valence electrons. The second kappa shape index (κ2) is 4.72. The van der Waals surface area contributed by atoms with Gasteiger partial charge in [-0.05, 0) is 35.0 Å². The zero-order chi connectivity index (χ0) is 17.2. The Morgan fingerprint density at radius 2 is 1.48 bits per heavy atom. The van der Waals surface area contributed by atoms with Gasteiger partial charge in [0.25, 0.3) is 0 Å². The van der Waals surface area contributed by atoms with Crippen LogP contribution in [0, 0.1) is 0 Å². The smallest absolute Gasteiger partial charge is 0.299 e. The van der Waals surface area contributed by atoms with Crippen LogP contribution in [0.15, 0.2) is 66.9 Å². The first-order chi connectivity index (χ1) is 12.0. The van der Waals surface area contributed by atoms with Crippen molar-refractivity contribution >= 4 is 38.2 Å². The van der Waals surface area contributed by atoms with E-state index in [9.17, 15) is 13.2 Å². The lowest BCUT2D eigenvalue weighted by molar-refractivity contribution is -0.137. The summed E-state index contributed by atoms with van der Waals surface area (Å²) in [5.41, 5.74) is 1.49. The van der Waals surface area contributed by atoms with Gasteiger partial charge >= 0.3 is 6.18 Å². The van der Waals surface area contributed by atoms with Gasteiger partial charge in [0.1, 0.15) is 5.65 Å². The lowest BCUT2D eigenvalue weighted by atomic mass is 9.98. The summed E-state index contributed by atoms with van der Waals surface area (Å²) in [4.78, 5) is 4.67. The highest BCUT2D eigenvalue weighted by atomic mass is 19.4. The molecule has 0 N–H and O–H groups in total. The minimum Gasteiger partial charge on any atom is -0.299 e. The number of nitrogens with zero attached hydrogens (tertiary/aromatic N) is 2. The van der Waals surface area contributed by atoms with Crippen molar-refractivity contribution in [2.75, 3.05) is 0 Å². The predicted molar refractivity (Wildman–Crippen MR) is 92.7 cm³/mol. The zero-order valence-electron chi connectivity index (χ0n) is 12.9. The highest BCUT2D eigenvalue weighted by Gasteiger charge is 2.31. The van der Waals surface area contributed by atoms with Crippen molar-refractivity contribution in [2.45, 2.75) is 6.18 Å². The first-order valence-electron chi connectivity index (χ1n) is 7.82. The molecule has 2 aromatic heterocycles. The summed E-state index contributed by atoms with van der Waals surface area (Å²) in [5, 5.41) is 3.19. The Balaban J connectivity index is 2.11. The molecule has 25 heavy (non-hydrogen) atoms. The van der Waals surface area contributed by atoms with Crippen molar-refractivity contribution in [1.29, 1.82) is 0 Å². The van der Waals surface area contributed by atoms with Crippen LogP contribution < -0.4 is 0 Å². The molecule has 5 aromatic rings. The third-order valence-electron chi connectivity index (χ3n) is 4.60. The Bertz CT molecular complexity index is 1280. The summed E-state index contributed by atoms with van der Waals surface area (Å²) in [5.74, 6) is 0. The van der Waals surface area contributed by atoms with Gasteiger partial charge in [0, 0.05) is 17.0 Å². The number of alkyl halides is 3. The number of benzene rings is 3. The minimum absolute atomic E-state index is 0.558. The predicted octanol–water partition coefficient (Wildman–Crippen LogP) is 5.81. The average molecular weight is 336 g/mol. The van der Waals surface area contributed by atoms with E-state index in [1.165, 1.54) is 6.07 Å². The van der Waals surface area contributed by atoms with Crippen molar-refractivity contribution < 1.29 is 13.2 Å². The van der Waals surface area contributed by atoms with E-state index < -0.39 is 11.7 Å². The number of pyridine rings is 1. The summed E-state index contributed by atoms with van der Waals surface area (Å²) in [6.45, 7) is 0. The lowest BCUT2D eigenvalue weighted by Crippen LogP contribution is -2.04. The van der Waals surface area contributed by atoms with Crippen LogP contribution in [0.1, 0.15) is 5.56 Å². The number of hydrogen-bond donors (Lipinski definition) is 0. The zero-order valence-corrected chi connectivity index (χ0v) is 12.9. The molecule has 0 radical (unpaired) electrons. The summed E-state index contributed by atoms with van der Waals surface area (Å²) in [6, 6.07) is 17.2. The van der Waals surface area contributed by atoms with Crippen LogP contribution in [0.25, 0.3) is 38.2 Å². The van der Waals surface area contributed by atoms with Gasteiger partial charge < -0.3 is 0 Å². The SMILES string of the molecule is FC(F)(F)c1ccc2c3ccccc3c3nc4ccccn4c3c2c1. The summed E-state index contributed by atoms with van der Waals surface area (Å²) in [7, 11) is 0. The number of rotatable bonds is 0. The second-order valence-electron chi connectivity index (χ2n) is 6.04. The molecular formula is C20H11F3N2. The number of fused-ring (bicyclic) bond motifs is 8. The van der Waals surface area contributed by atoms with Crippen molar-refractivity contribution in [3.05, 3.63) is 72.4 Å². The van der Waals surface area contributed by atoms with E-state index in [4.69, 9.17) is 0 Å². The number of imidazole rings is 1. The van der Waals surface area contributed by atoms with Crippen LogP contribution >= 0.6 is 0 Å². The van der Waals surface area contributed by atoms with E-state index in [1.807, 2.05) is 53.1 Å². The maximum absolute atomic E-state index is 13.2. The standard InChI is InChI=1S/C20H11F3N2/c21-20(22,23)12-8-9-14-13-5-1-2-6-15(13)18-19(16(14)11-12)25-10-4-3-7-17(25)24-18/h1-11H. The molecular weight excluding hydrogens is 325 g/mol. The van der Waals surface area contributed by atoms with Gasteiger partial charge in [0.05, 0.1) is 16.6 Å². The topological polar surface area (TPSA) is 17.3 Å². The van der Waals surface area contributed by atoms with Crippen LogP contribution in [-0.4, -0.2) is 9.38 Å². The van der Waals surface area contributed by atoms with Crippen LogP contribution in [0.4, 0.5) is 13.2 Å². The highest BCUT2D eigenvalue weighted by Crippen LogP contribution is 2.38. The van der Waals surface area contributed by atoms with E-state index in [0.717, 1.165) is 22.2 Å². The molecule has 0 aliphatic carbocycles.